The number of aromatic hydroxyl groups is 1. The molecule has 13 heteroatoms. The van der Waals surface area contributed by atoms with Crippen molar-refractivity contribution in [2.24, 2.45) is 0 Å². The Bertz CT molecular complexity index is 705. The van der Waals surface area contributed by atoms with Crippen molar-refractivity contribution in [3.05, 3.63) is 23.3 Å². The van der Waals surface area contributed by atoms with Crippen molar-refractivity contribution in [1.29, 1.82) is 0 Å². The van der Waals surface area contributed by atoms with E-state index in [0.29, 0.717) is 4.90 Å². The number of halogens is 8. The van der Waals surface area contributed by atoms with Crippen molar-refractivity contribution >= 4 is 11.7 Å². The Morgan fingerprint density at radius 3 is 2.22 bits per heavy atom. The standard InChI is InChI=1S/C14H12F8N2O3/c15-11(16)27-4-3-23-1-2-24(12(23)26)9-6-7(13(17,18)19)5-8(10(9)25)14(20,21)22/h5-6,11,25H,1-4H2. The first-order chi connectivity index (χ1) is 12.3. The number of rotatable bonds is 5. The fourth-order valence-electron chi connectivity index (χ4n) is 2.47. The normalized spacial score (nSPS) is 16.0. The quantitative estimate of drug-likeness (QED) is 0.752. The lowest BCUT2D eigenvalue weighted by molar-refractivity contribution is -0.143. The van der Waals surface area contributed by atoms with E-state index < -0.39 is 54.2 Å². The monoisotopic (exact) mass is 408 g/mol. The zero-order valence-corrected chi connectivity index (χ0v) is 13.2. The molecule has 0 atom stereocenters. The molecule has 0 bridgehead atoms. The number of hydrogen-bond acceptors (Lipinski definition) is 3. The molecule has 0 saturated carbocycles. The molecular formula is C14H12F8N2O3. The van der Waals surface area contributed by atoms with Crippen LogP contribution in [-0.2, 0) is 17.1 Å². The van der Waals surface area contributed by atoms with Gasteiger partial charge in [-0.05, 0) is 12.1 Å². The van der Waals surface area contributed by atoms with Crippen LogP contribution in [0.4, 0.5) is 45.6 Å². The van der Waals surface area contributed by atoms with Gasteiger partial charge in [-0.25, -0.2) is 4.79 Å². The maximum Gasteiger partial charge on any atom is 0.420 e. The molecular weight excluding hydrogens is 396 g/mol. The summed E-state index contributed by atoms with van der Waals surface area (Å²) in [5.41, 5.74) is -4.62. The number of nitrogens with zero attached hydrogens (tertiary/aromatic N) is 2. The zero-order chi connectivity index (χ0) is 20.6. The molecule has 0 aliphatic carbocycles. The van der Waals surface area contributed by atoms with E-state index in [2.05, 4.69) is 4.74 Å². The second kappa shape index (κ2) is 7.37. The number of ether oxygens (including phenoxy) is 1. The van der Waals surface area contributed by atoms with E-state index in [9.17, 15) is 45.0 Å². The number of phenols is 1. The molecule has 1 aliphatic heterocycles. The van der Waals surface area contributed by atoms with E-state index in [4.69, 9.17) is 0 Å². The van der Waals surface area contributed by atoms with Gasteiger partial charge in [-0.15, -0.1) is 0 Å². The van der Waals surface area contributed by atoms with Crippen LogP contribution in [0.3, 0.4) is 0 Å². The highest BCUT2D eigenvalue weighted by Gasteiger charge is 2.42. The van der Waals surface area contributed by atoms with Crippen LogP contribution < -0.4 is 4.90 Å². The first-order valence-electron chi connectivity index (χ1n) is 7.30. The van der Waals surface area contributed by atoms with Crippen LogP contribution in [0.25, 0.3) is 0 Å². The van der Waals surface area contributed by atoms with Crippen LogP contribution in [0.5, 0.6) is 5.75 Å². The predicted octanol–water partition coefficient (Wildman–Crippen LogP) is 3.91. The molecule has 152 valence electrons. The lowest BCUT2D eigenvalue weighted by atomic mass is 10.1. The largest absolute Gasteiger partial charge is 0.505 e. The van der Waals surface area contributed by atoms with Gasteiger partial charge in [-0.3, -0.25) is 4.90 Å². The molecule has 0 aromatic heterocycles. The van der Waals surface area contributed by atoms with Crippen molar-refractivity contribution in [3.8, 4) is 5.75 Å². The van der Waals surface area contributed by atoms with E-state index >= 15 is 0 Å². The van der Waals surface area contributed by atoms with Crippen molar-refractivity contribution in [2.75, 3.05) is 31.1 Å². The number of phenolic OH excluding ortho intramolecular Hbond substituents is 1. The number of alkyl halides is 8. The van der Waals surface area contributed by atoms with Gasteiger partial charge in [0.2, 0.25) is 0 Å². The third-order valence-electron chi connectivity index (χ3n) is 3.71. The van der Waals surface area contributed by atoms with Crippen molar-refractivity contribution < 1.29 is 49.8 Å². The maximum absolute atomic E-state index is 13.0. The molecule has 1 N–H and O–H groups in total. The fraction of sp³-hybridized carbons (Fsp3) is 0.500. The molecule has 0 spiro atoms. The van der Waals surface area contributed by atoms with Crippen LogP contribution in [0.1, 0.15) is 11.1 Å². The Labute approximate surface area is 146 Å². The second-order valence-corrected chi connectivity index (χ2v) is 5.44. The van der Waals surface area contributed by atoms with Crippen LogP contribution in [0.2, 0.25) is 0 Å². The van der Waals surface area contributed by atoms with Crippen LogP contribution in [0, 0.1) is 0 Å². The van der Waals surface area contributed by atoms with Crippen LogP contribution in [0.15, 0.2) is 12.1 Å². The first-order valence-corrected chi connectivity index (χ1v) is 7.30. The topological polar surface area (TPSA) is 53.0 Å². The molecule has 1 aromatic rings. The van der Waals surface area contributed by atoms with E-state index in [0.717, 1.165) is 4.90 Å². The van der Waals surface area contributed by atoms with Gasteiger partial charge in [0, 0.05) is 19.6 Å². The summed E-state index contributed by atoms with van der Waals surface area (Å²) in [6.07, 6.45) is -10.5. The summed E-state index contributed by atoms with van der Waals surface area (Å²) in [5.74, 6) is -1.53. The molecule has 1 aromatic carbocycles. The van der Waals surface area contributed by atoms with Crippen molar-refractivity contribution in [1.82, 2.24) is 4.90 Å². The molecule has 1 fully saturated rings. The number of amides is 2. The number of carbonyl (C=O) groups excluding carboxylic acids is 1. The summed E-state index contributed by atoms with van der Waals surface area (Å²) in [7, 11) is 0. The van der Waals surface area contributed by atoms with E-state index in [1.165, 1.54) is 0 Å². The van der Waals surface area contributed by atoms with E-state index in [-0.39, 0.29) is 31.8 Å². The summed E-state index contributed by atoms with van der Waals surface area (Å²) < 4.78 is 105. The highest BCUT2D eigenvalue weighted by Crippen LogP contribution is 2.45. The molecule has 1 heterocycles. The van der Waals surface area contributed by atoms with Gasteiger partial charge >= 0.3 is 25.0 Å². The third kappa shape index (κ3) is 4.70. The molecule has 0 unspecified atom stereocenters. The Morgan fingerprint density at radius 1 is 1.07 bits per heavy atom. The smallest absolute Gasteiger partial charge is 0.420 e. The number of hydrogen-bond donors (Lipinski definition) is 1. The minimum absolute atomic E-state index is 0.164. The van der Waals surface area contributed by atoms with Gasteiger partial charge < -0.3 is 14.7 Å². The predicted molar refractivity (Wildman–Crippen MR) is 74.4 cm³/mol. The summed E-state index contributed by atoms with van der Waals surface area (Å²) >= 11 is 0. The lowest BCUT2D eigenvalue weighted by Gasteiger charge is -2.23. The zero-order valence-electron chi connectivity index (χ0n) is 13.2. The number of anilines is 1. The lowest BCUT2D eigenvalue weighted by Crippen LogP contribution is -2.34. The van der Waals surface area contributed by atoms with Gasteiger partial charge in [0.1, 0.15) is 0 Å². The molecule has 27 heavy (non-hydrogen) atoms. The van der Waals surface area contributed by atoms with Gasteiger partial charge in [0.15, 0.2) is 5.75 Å². The highest BCUT2D eigenvalue weighted by atomic mass is 19.4. The average Bonchev–Trinajstić information content (AvgIpc) is 2.86. The Hall–Kier alpha value is -2.31. The summed E-state index contributed by atoms with van der Waals surface area (Å²) in [4.78, 5) is 13.6. The van der Waals surface area contributed by atoms with Crippen LogP contribution in [-0.4, -0.2) is 48.9 Å². The van der Waals surface area contributed by atoms with Gasteiger partial charge in [-0.1, -0.05) is 0 Å². The Morgan fingerprint density at radius 2 is 1.70 bits per heavy atom. The average molecular weight is 408 g/mol. The molecule has 2 rings (SSSR count). The maximum atomic E-state index is 13.0. The third-order valence-corrected chi connectivity index (χ3v) is 3.71. The van der Waals surface area contributed by atoms with Crippen molar-refractivity contribution in [2.45, 2.75) is 19.0 Å². The summed E-state index contributed by atoms with van der Waals surface area (Å²) in [6, 6.07) is -1.08. The molecule has 5 nitrogen and oxygen atoms in total. The SMILES string of the molecule is O=C1N(CCOC(F)F)CCN1c1cc(C(F)(F)F)cc(C(F)(F)F)c1O. The van der Waals surface area contributed by atoms with Gasteiger partial charge in [0.05, 0.1) is 23.4 Å². The molecule has 2 amide bonds. The summed E-state index contributed by atoms with van der Waals surface area (Å²) in [5, 5.41) is 9.80. The fourth-order valence-corrected chi connectivity index (χ4v) is 2.47. The van der Waals surface area contributed by atoms with Gasteiger partial charge in [-0.2, -0.15) is 35.1 Å². The first kappa shape index (κ1) is 21.0. The Kier molecular flexibility index (Phi) is 5.73. The molecule has 1 saturated heterocycles. The summed E-state index contributed by atoms with van der Waals surface area (Å²) in [6.45, 7) is -4.55. The van der Waals surface area contributed by atoms with Gasteiger partial charge in [0.25, 0.3) is 0 Å². The van der Waals surface area contributed by atoms with E-state index in [1.807, 2.05) is 0 Å². The molecule has 1 aliphatic rings. The van der Waals surface area contributed by atoms with Crippen LogP contribution >= 0.6 is 0 Å². The minimum atomic E-state index is -5.30. The van der Waals surface area contributed by atoms with Crippen molar-refractivity contribution in [3.63, 3.8) is 0 Å². The minimum Gasteiger partial charge on any atom is -0.505 e. The Balaban J connectivity index is 2.36. The number of carbonyl (C=O) groups is 1. The number of benzene rings is 1. The second-order valence-electron chi connectivity index (χ2n) is 5.44. The van der Waals surface area contributed by atoms with E-state index in [1.54, 1.807) is 0 Å². The molecule has 0 radical (unpaired) electrons. The number of urea groups is 1. The highest BCUT2D eigenvalue weighted by molar-refractivity contribution is 5.96.